The zero-order chi connectivity index (χ0) is 17.4. The van der Waals surface area contributed by atoms with Crippen LogP contribution in [0.4, 0.5) is 0 Å². The second-order valence-corrected chi connectivity index (χ2v) is 5.04. The molecular formula is C19H20O5. The van der Waals surface area contributed by atoms with Crippen LogP contribution in [0.15, 0.2) is 54.6 Å². The first-order chi connectivity index (χ1) is 11.6. The van der Waals surface area contributed by atoms with Gasteiger partial charge in [-0.1, -0.05) is 30.3 Å². The molecule has 2 aromatic rings. The second kappa shape index (κ2) is 8.72. The first-order valence-electron chi connectivity index (χ1n) is 7.69. The summed E-state index contributed by atoms with van der Waals surface area (Å²) in [5, 5.41) is 0. The van der Waals surface area contributed by atoms with Crippen molar-refractivity contribution in [2.45, 2.75) is 19.4 Å². The minimum atomic E-state index is -0.695. The summed E-state index contributed by atoms with van der Waals surface area (Å²) in [5.41, 5.74) is 1.13. The topological polar surface area (TPSA) is 61.8 Å². The molecular weight excluding hydrogens is 308 g/mol. The lowest BCUT2D eigenvalue weighted by Crippen LogP contribution is -2.17. The van der Waals surface area contributed by atoms with Crippen molar-refractivity contribution in [3.63, 3.8) is 0 Å². The highest BCUT2D eigenvalue weighted by Gasteiger charge is 2.22. The van der Waals surface area contributed by atoms with E-state index in [-0.39, 0.29) is 13.0 Å². The first kappa shape index (κ1) is 17.5. The van der Waals surface area contributed by atoms with Crippen molar-refractivity contribution in [2.75, 3.05) is 13.7 Å². The molecule has 0 aliphatic heterocycles. The average Bonchev–Trinajstić information content (AvgIpc) is 2.62. The molecule has 5 nitrogen and oxygen atoms in total. The molecule has 0 aliphatic carbocycles. The predicted molar refractivity (Wildman–Crippen MR) is 88.8 cm³/mol. The van der Waals surface area contributed by atoms with E-state index in [1.807, 2.05) is 30.3 Å². The van der Waals surface area contributed by atoms with Crippen molar-refractivity contribution in [3.8, 4) is 5.75 Å². The van der Waals surface area contributed by atoms with Gasteiger partial charge in [0.05, 0.1) is 25.7 Å². The van der Waals surface area contributed by atoms with Crippen molar-refractivity contribution in [1.82, 2.24) is 0 Å². The summed E-state index contributed by atoms with van der Waals surface area (Å²) >= 11 is 0. The van der Waals surface area contributed by atoms with Crippen LogP contribution in [0.25, 0.3) is 0 Å². The fraction of sp³-hybridized carbons (Fsp3) is 0.263. The summed E-state index contributed by atoms with van der Waals surface area (Å²) in [4.78, 5) is 24.2. The summed E-state index contributed by atoms with van der Waals surface area (Å²) in [6, 6.07) is 15.7. The van der Waals surface area contributed by atoms with Gasteiger partial charge in [0.15, 0.2) is 0 Å². The van der Waals surface area contributed by atoms with Gasteiger partial charge in [-0.25, -0.2) is 4.79 Å². The summed E-state index contributed by atoms with van der Waals surface area (Å²) in [5.74, 6) is -0.262. The third-order valence-electron chi connectivity index (χ3n) is 3.40. The van der Waals surface area contributed by atoms with Crippen molar-refractivity contribution >= 4 is 11.9 Å². The molecule has 0 amide bonds. The molecule has 0 unspecified atom stereocenters. The Kier molecular flexibility index (Phi) is 6.37. The Balaban J connectivity index is 2.14. The van der Waals surface area contributed by atoms with Gasteiger partial charge in [-0.05, 0) is 36.8 Å². The summed E-state index contributed by atoms with van der Waals surface area (Å²) in [7, 11) is 1.55. The molecule has 2 rings (SSSR count). The Bertz CT molecular complexity index is 664. The van der Waals surface area contributed by atoms with Crippen LogP contribution in [-0.2, 0) is 14.3 Å². The highest BCUT2D eigenvalue weighted by Crippen LogP contribution is 2.24. The summed E-state index contributed by atoms with van der Waals surface area (Å²) in [6.45, 7) is 2.02. The number of hydrogen-bond acceptors (Lipinski definition) is 5. The molecule has 0 aliphatic rings. The van der Waals surface area contributed by atoms with E-state index in [9.17, 15) is 9.59 Å². The minimum absolute atomic E-state index is 0.0280. The molecule has 2 aromatic carbocycles. The molecule has 0 N–H and O–H groups in total. The van der Waals surface area contributed by atoms with Gasteiger partial charge < -0.3 is 14.2 Å². The number of rotatable bonds is 7. The maximum Gasteiger partial charge on any atom is 0.338 e. The maximum atomic E-state index is 12.4. The van der Waals surface area contributed by atoms with Crippen LogP contribution in [0.2, 0.25) is 0 Å². The van der Waals surface area contributed by atoms with E-state index in [1.54, 1.807) is 38.3 Å². The van der Waals surface area contributed by atoms with Crippen LogP contribution in [0.1, 0.15) is 35.4 Å². The zero-order valence-corrected chi connectivity index (χ0v) is 13.7. The smallest absolute Gasteiger partial charge is 0.338 e. The number of hydrogen-bond donors (Lipinski definition) is 0. The Hall–Kier alpha value is -2.82. The van der Waals surface area contributed by atoms with Crippen molar-refractivity contribution in [3.05, 3.63) is 65.7 Å². The van der Waals surface area contributed by atoms with Crippen molar-refractivity contribution in [2.24, 2.45) is 0 Å². The molecule has 24 heavy (non-hydrogen) atoms. The van der Waals surface area contributed by atoms with Crippen LogP contribution < -0.4 is 4.74 Å². The lowest BCUT2D eigenvalue weighted by atomic mass is 10.1. The standard InChI is InChI=1S/C19H20O5/c1-3-23-18(20)13-17(14-7-5-4-6-8-14)24-19(21)15-9-11-16(22-2)12-10-15/h4-12,17H,3,13H2,1-2H3/t17-/m1/s1. The molecule has 126 valence electrons. The van der Waals surface area contributed by atoms with E-state index in [4.69, 9.17) is 14.2 Å². The second-order valence-electron chi connectivity index (χ2n) is 5.04. The molecule has 0 heterocycles. The summed E-state index contributed by atoms with van der Waals surface area (Å²) < 4.78 is 15.6. The molecule has 0 bridgehead atoms. The molecule has 5 heteroatoms. The molecule has 1 atom stereocenters. The van der Waals surface area contributed by atoms with E-state index in [2.05, 4.69) is 0 Å². The zero-order valence-electron chi connectivity index (χ0n) is 13.7. The minimum Gasteiger partial charge on any atom is -0.497 e. The lowest BCUT2D eigenvalue weighted by Gasteiger charge is -2.17. The lowest BCUT2D eigenvalue weighted by molar-refractivity contribution is -0.145. The van der Waals surface area contributed by atoms with E-state index in [0.29, 0.717) is 11.3 Å². The van der Waals surface area contributed by atoms with Crippen LogP contribution >= 0.6 is 0 Å². The number of methoxy groups -OCH3 is 1. The van der Waals surface area contributed by atoms with Gasteiger partial charge in [0.25, 0.3) is 0 Å². The first-order valence-corrected chi connectivity index (χ1v) is 7.69. The van der Waals surface area contributed by atoms with Gasteiger partial charge in [-0.15, -0.1) is 0 Å². The maximum absolute atomic E-state index is 12.4. The monoisotopic (exact) mass is 328 g/mol. The van der Waals surface area contributed by atoms with E-state index >= 15 is 0 Å². The van der Waals surface area contributed by atoms with Crippen LogP contribution in [0, 0.1) is 0 Å². The van der Waals surface area contributed by atoms with Gasteiger partial charge in [0.2, 0.25) is 0 Å². The fourth-order valence-corrected chi connectivity index (χ4v) is 2.19. The number of benzene rings is 2. The average molecular weight is 328 g/mol. The molecule has 0 radical (unpaired) electrons. The number of carbonyl (C=O) groups excluding carboxylic acids is 2. The Morgan fingerprint density at radius 2 is 1.67 bits per heavy atom. The Morgan fingerprint density at radius 3 is 2.25 bits per heavy atom. The highest BCUT2D eigenvalue weighted by atomic mass is 16.6. The van der Waals surface area contributed by atoms with E-state index in [0.717, 1.165) is 5.56 Å². The van der Waals surface area contributed by atoms with Crippen LogP contribution in [0.3, 0.4) is 0 Å². The highest BCUT2D eigenvalue weighted by molar-refractivity contribution is 5.90. The van der Waals surface area contributed by atoms with Gasteiger partial charge >= 0.3 is 11.9 Å². The number of carbonyl (C=O) groups is 2. The number of ether oxygens (including phenoxy) is 3. The quantitative estimate of drug-likeness (QED) is 0.727. The van der Waals surface area contributed by atoms with E-state index < -0.39 is 18.0 Å². The van der Waals surface area contributed by atoms with Gasteiger partial charge in [-0.2, -0.15) is 0 Å². The van der Waals surface area contributed by atoms with E-state index in [1.165, 1.54) is 0 Å². The van der Waals surface area contributed by atoms with Gasteiger partial charge in [0, 0.05) is 0 Å². The Morgan fingerprint density at radius 1 is 1.00 bits per heavy atom. The molecule has 0 fully saturated rings. The largest absolute Gasteiger partial charge is 0.497 e. The van der Waals surface area contributed by atoms with Crippen LogP contribution in [-0.4, -0.2) is 25.7 Å². The van der Waals surface area contributed by atoms with Crippen molar-refractivity contribution in [1.29, 1.82) is 0 Å². The third kappa shape index (κ3) is 4.84. The summed E-state index contributed by atoms with van der Waals surface area (Å²) in [6.07, 6.45) is -0.723. The predicted octanol–water partition coefficient (Wildman–Crippen LogP) is 3.55. The molecule has 0 aromatic heterocycles. The third-order valence-corrected chi connectivity index (χ3v) is 3.40. The van der Waals surface area contributed by atoms with Crippen LogP contribution in [0.5, 0.6) is 5.75 Å². The molecule has 0 saturated carbocycles. The van der Waals surface area contributed by atoms with Gasteiger partial charge in [-0.3, -0.25) is 4.79 Å². The number of esters is 2. The normalized spacial score (nSPS) is 11.4. The van der Waals surface area contributed by atoms with Gasteiger partial charge in [0.1, 0.15) is 11.9 Å². The Labute approximate surface area is 141 Å². The molecule has 0 spiro atoms. The SMILES string of the molecule is CCOC(=O)C[C@@H](OC(=O)c1ccc(OC)cc1)c1ccccc1. The fourth-order valence-electron chi connectivity index (χ4n) is 2.19. The molecule has 0 saturated heterocycles. The van der Waals surface area contributed by atoms with Crippen molar-refractivity contribution < 1.29 is 23.8 Å².